The van der Waals surface area contributed by atoms with Crippen molar-refractivity contribution in [1.82, 2.24) is 0 Å². The van der Waals surface area contributed by atoms with Crippen LogP contribution in [0.4, 0.5) is 10.1 Å². The third-order valence-corrected chi connectivity index (χ3v) is 3.56. The van der Waals surface area contributed by atoms with Gasteiger partial charge in [-0.25, -0.2) is 4.39 Å². The average molecular weight is 323 g/mol. The van der Waals surface area contributed by atoms with Gasteiger partial charge in [0.25, 0.3) is 5.91 Å². The summed E-state index contributed by atoms with van der Waals surface area (Å²) in [6, 6.07) is 9.11. The Morgan fingerprint density at radius 2 is 2.05 bits per heavy atom. The van der Waals surface area contributed by atoms with E-state index >= 15 is 0 Å². The Morgan fingerprint density at radius 1 is 1.33 bits per heavy atom. The third kappa shape index (κ3) is 3.37. The number of anilines is 1. The van der Waals surface area contributed by atoms with Gasteiger partial charge >= 0.3 is 0 Å². The second-order valence-corrected chi connectivity index (χ2v) is 5.29. The van der Waals surface area contributed by atoms with Crippen LogP contribution in [-0.4, -0.2) is 10.9 Å². The number of halogens is 2. The lowest BCUT2D eigenvalue weighted by atomic mass is 10.1. The predicted octanol–water partition coefficient (Wildman–Crippen LogP) is 3.67. The molecule has 2 rings (SSSR count). The summed E-state index contributed by atoms with van der Waals surface area (Å²) < 4.78 is 13.7. The minimum Gasteiger partial charge on any atom is -0.389 e. The van der Waals surface area contributed by atoms with Crippen molar-refractivity contribution in [3.63, 3.8) is 0 Å². The van der Waals surface area contributed by atoms with Gasteiger partial charge in [0.05, 0.1) is 11.3 Å². The Bertz CT molecular complexity index is 734. The summed E-state index contributed by atoms with van der Waals surface area (Å²) in [6.07, 6.45) is 0. The average Bonchev–Trinajstić information content (AvgIpc) is 2.41. The van der Waals surface area contributed by atoms with Gasteiger partial charge in [0.2, 0.25) is 0 Å². The lowest BCUT2D eigenvalue weighted by Gasteiger charge is -2.11. The molecule has 21 heavy (non-hydrogen) atoms. The van der Waals surface area contributed by atoms with Crippen molar-refractivity contribution >= 4 is 40.4 Å². The molecule has 0 spiro atoms. The second kappa shape index (κ2) is 6.20. The molecule has 3 N–H and O–H groups in total. The molecule has 0 unspecified atom stereocenters. The minimum atomic E-state index is -0.576. The van der Waals surface area contributed by atoms with Crippen molar-refractivity contribution in [2.75, 3.05) is 5.32 Å². The third-order valence-electron chi connectivity index (χ3n) is 2.93. The van der Waals surface area contributed by atoms with E-state index in [9.17, 15) is 9.18 Å². The molecule has 0 aliphatic rings. The topological polar surface area (TPSA) is 55.1 Å². The van der Waals surface area contributed by atoms with E-state index in [0.29, 0.717) is 10.6 Å². The van der Waals surface area contributed by atoms with Crippen LogP contribution in [0.1, 0.15) is 21.5 Å². The Morgan fingerprint density at radius 3 is 2.67 bits per heavy atom. The summed E-state index contributed by atoms with van der Waals surface area (Å²) in [5.41, 5.74) is 6.94. The monoisotopic (exact) mass is 322 g/mol. The number of nitrogens with two attached hydrogens (primary N) is 1. The number of amides is 1. The van der Waals surface area contributed by atoms with Crippen molar-refractivity contribution in [3.05, 3.63) is 63.9 Å². The molecule has 0 saturated heterocycles. The number of hydrogen-bond donors (Lipinski definition) is 2. The van der Waals surface area contributed by atoms with Crippen molar-refractivity contribution in [1.29, 1.82) is 0 Å². The first-order chi connectivity index (χ1) is 9.90. The van der Waals surface area contributed by atoms with Gasteiger partial charge in [-0.3, -0.25) is 4.79 Å². The molecule has 0 radical (unpaired) electrons. The quantitative estimate of drug-likeness (QED) is 0.848. The first-order valence-electron chi connectivity index (χ1n) is 6.06. The highest BCUT2D eigenvalue weighted by Gasteiger charge is 2.14. The van der Waals surface area contributed by atoms with E-state index in [4.69, 9.17) is 29.6 Å². The number of carbonyl (C=O) groups excluding carboxylic acids is 1. The fourth-order valence-electron chi connectivity index (χ4n) is 1.86. The minimum absolute atomic E-state index is 0.0199. The summed E-state index contributed by atoms with van der Waals surface area (Å²) in [6.45, 7) is 1.79. The van der Waals surface area contributed by atoms with E-state index < -0.39 is 11.7 Å². The number of benzene rings is 2. The zero-order chi connectivity index (χ0) is 15.6. The van der Waals surface area contributed by atoms with Gasteiger partial charge in [-0.05, 0) is 42.8 Å². The Labute approximate surface area is 131 Å². The zero-order valence-corrected chi connectivity index (χ0v) is 12.7. The maximum absolute atomic E-state index is 13.7. The summed E-state index contributed by atoms with van der Waals surface area (Å²) in [7, 11) is 0. The van der Waals surface area contributed by atoms with Crippen LogP contribution < -0.4 is 11.1 Å². The molecular formula is C15H12ClFN2OS. The normalized spacial score (nSPS) is 10.2. The van der Waals surface area contributed by atoms with Gasteiger partial charge in [0.15, 0.2) is 0 Å². The predicted molar refractivity (Wildman–Crippen MR) is 86.4 cm³/mol. The van der Waals surface area contributed by atoms with Crippen LogP contribution in [0.2, 0.25) is 5.02 Å². The summed E-state index contributed by atoms with van der Waals surface area (Å²) in [4.78, 5) is 12.1. The molecular weight excluding hydrogens is 311 g/mol. The van der Waals surface area contributed by atoms with Gasteiger partial charge < -0.3 is 11.1 Å². The van der Waals surface area contributed by atoms with Crippen LogP contribution in [0, 0.1) is 12.7 Å². The number of thiocarbonyl (C=S) groups is 1. The largest absolute Gasteiger partial charge is 0.389 e. The summed E-state index contributed by atoms with van der Waals surface area (Å²) in [5, 5.41) is 3.18. The van der Waals surface area contributed by atoms with E-state index in [1.165, 1.54) is 18.2 Å². The molecule has 2 aromatic carbocycles. The number of carbonyl (C=O) groups is 1. The number of aryl methyl sites for hydroxylation is 1. The van der Waals surface area contributed by atoms with Gasteiger partial charge in [-0.1, -0.05) is 29.9 Å². The van der Waals surface area contributed by atoms with E-state index in [1.807, 2.05) is 0 Å². The van der Waals surface area contributed by atoms with Gasteiger partial charge in [0.1, 0.15) is 10.8 Å². The van der Waals surface area contributed by atoms with Crippen LogP contribution in [0.25, 0.3) is 0 Å². The Balaban J connectivity index is 2.34. The Kier molecular flexibility index (Phi) is 4.55. The standard InChI is InChI=1S/C15H12ClFN2OS/c1-8-7-9(5-6-10(8)16)15(20)19-12-4-2-3-11(17)13(12)14(18)21/h2-7H,1H3,(H2,18,21)(H,19,20). The van der Waals surface area contributed by atoms with Crippen molar-refractivity contribution in [2.45, 2.75) is 6.92 Å². The number of hydrogen-bond acceptors (Lipinski definition) is 2. The zero-order valence-electron chi connectivity index (χ0n) is 11.1. The molecule has 2 aromatic rings. The fraction of sp³-hybridized carbons (Fsp3) is 0.0667. The first-order valence-corrected chi connectivity index (χ1v) is 6.84. The van der Waals surface area contributed by atoms with Crippen molar-refractivity contribution in [3.8, 4) is 0 Å². The highest BCUT2D eigenvalue weighted by atomic mass is 35.5. The molecule has 3 nitrogen and oxygen atoms in total. The molecule has 0 fully saturated rings. The molecule has 0 aromatic heterocycles. The maximum Gasteiger partial charge on any atom is 0.255 e. The summed E-state index contributed by atoms with van der Waals surface area (Å²) >= 11 is 10.7. The second-order valence-electron chi connectivity index (χ2n) is 4.44. The maximum atomic E-state index is 13.7. The van der Waals surface area contributed by atoms with E-state index in [1.54, 1.807) is 25.1 Å². The SMILES string of the molecule is Cc1cc(C(=O)Nc2cccc(F)c2C(N)=S)ccc1Cl. The molecule has 108 valence electrons. The lowest BCUT2D eigenvalue weighted by Crippen LogP contribution is -2.19. The fourth-order valence-corrected chi connectivity index (χ4v) is 2.18. The van der Waals surface area contributed by atoms with E-state index in [-0.39, 0.29) is 16.2 Å². The smallest absolute Gasteiger partial charge is 0.255 e. The van der Waals surface area contributed by atoms with Crippen molar-refractivity contribution < 1.29 is 9.18 Å². The van der Waals surface area contributed by atoms with E-state index in [2.05, 4.69) is 5.32 Å². The number of rotatable bonds is 3. The van der Waals surface area contributed by atoms with Crippen LogP contribution in [0.5, 0.6) is 0 Å². The highest BCUT2D eigenvalue weighted by Crippen LogP contribution is 2.21. The van der Waals surface area contributed by atoms with Crippen LogP contribution >= 0.6 is 23.8 Å². The molecule has 1 amide bonds. The molecule has 0 saturated carbocycles. The molecule has 0 atom stereocenters. The van der Waals surface area contributed by atoms with Crippen LogP contribution in [0.3, 0.4) is 0 Å². The Hall–Kier alpha value is -1.98. The number of nitrogens with one attached hydrogen (secondary N) is 1. The van der Waals surface area contributed by atoms with Crippen LogP contribution in [-0.2, 0) is 0 Å². The van der Waals surface area contributed by atoms with E-state index in [0.717, 1.165) is 5.56 Å². The van der Waals surface area contributed by atoms with Gasteiger partial charge in [0, 0.05) is 10.6 Å². The van der Waals surface area contributed by atoms with Crippen molar-refractivity contribution in [2.24, 2.45) is 5.73 Å². The molecule has 0 heterocycles. The van der Waals surface area contributed by atoms with Gasteiger partial charge in [-0.2, -0.15) is 0 Å². The van der Waals surface area contributed by atoms with Crippen LogP contribution in [0.15, 0.2) is 36.4 Å². The molecule has 0 bridgehead atoms. The molecule has 0 aliphatic carbocycles. The summed E-state index contributed by atoms with van der Waals surface area (Å²) in [5.74, 6) is -0.967. The molecule has 6 heteroatoms. The highest BCUT2D eigenvalue weighted by molar-refractivity contribution is 7.80. The first kappa shape index (κ1) is 15.4. The lowest BCUT2D eigenvalue weighted by molar-refractivity contribution is 0.102. The van der Waals surface area contributed by atoms with Gasteiger partial charge in [-0.15, -0.1) is 0 Å². The molecule has 0 aliphatic heterocycles.